The maximum atomic E-state index is 12.1. The van der Waals surface area contributed by atoms with Crippen molar-refractivity contribution in [3.8, 4) is 5.75 Å². The lowest BCUT2D eigenvalue weighted by atomic mass is 10.1. The molecule has 17 heavy (non-hydrogen) atoms. The fourth-order valence-corrected chi connectivity index (χ4v) is 2.36. The van der Waals surface area contributed by atoms with Crippen molar-refractivity contribution in [3.05, 3.63) is 29.8 Å². The van der Waals surface area contributed by atoms with E-state index >= 15 is 0 Å². The van der Waals surface area contributed by atoms with E-state index < -0.39 is 0 Å². The number of hydrogen-bond donors (Lipinski definition) is 0. The molecule has 1 aromatic rings. The minimum absolute atomic E-state index is 0.0193. The Morgan fingerprint density at radius 3 is 2.29 bits per heavy atom. The summed E-state index contributed by atoms with van der Waals surface area (Å²) in [6.45, 7) is 6.30. The highest BCUT2D eigenvalue weighted by Gasteiger charge is 2.15. The molecule has 1 rings (SSSR count). The number of carbonyl (C=O) groups is 1. The molecule has 0 spiro atoms. The number of rotatable bonds is 6. The summed E-state index contributed by atoms with van der Waals surface area (Å²) >= 11 is 1.72. The summed E-state index contributed by atoms with van der Waals surface area (Å²) in [5.74, 6) is 2.61. The van der Waals surface area contributed by atoms with Crippen LogP contribution in [0.1, 0.15) is 31.1 Å². The molecular formula is C14H20O2S. The van der Waals surface area contributed by atoms with Crippen LogP contribution in [-0.2, 0) is 0 Å². The summed E-state index contributed by atoms with van der Waals surface area (Å²) in [4.78, 5) is 12.1. The molecule has 94 valence electrons. The van der Waals surface area contributed by atoms with Crippen molar-refractivity contribution in [2.24, 2.45) is 5.92 Å². The quantitative estimate of drug-likeness (QED) is 0.723. The van der Waals surface area contributed by atoms with Gasteiger partial charge in [0.1, 0.15) is 5.75 Å². The van der Waals surface area contributed by atoms with Gasteiger partial charge in [0.25, 0.3) is 0 Å². The monoisotopic (exact) mass is 252 g/mol. The van der Waals surface area contributed by atoms with Crippen molar-refractivity contribution < 1.29 is 9.53 Å². The minimum atomic E-state index is 0.0193. The molecule has 0 saturated heterocycles. The van der Waals surface area contributed by atoms with Crippen LogP contribution in [0.4, 0.5) is 0 Å². The SMILES string of the molecule is COc1ccc(C(=O)C(C)SCC(C)C)cc1. The highest BCUT2D eigenvalue weighted by Crippen LogP contribution is 2.20. The molecule has 1 atom stereocenters. The van der Waals surface area contributed by atoms with E-state index in [9.17, 15) is 4.79 Å². The molecule has 0 aromatic heterocycles. The van der Waals surface area contributed by atoms with Gasteiger partial charge in [-0.2, -0.15) is 11.8 Å². The van der Waals surface area contributed by atoms with Gasteiger partial charge in [0.05, 0.1) is 12.4 Å². The van der Waals surface area contributed by atoms with E-state index in [2.05, 4.69) is 13.8 Å². The number of ether oxygens (including phenoxy) is 1. The number of ketones is 1. The summed E-state index contributed by atoms with van der Waals surface area (Å²) in [6.07, 6.45) is 0. The van der Waals surface area contributed by atoms with Crippen molar-refractivity contribution in [1.82, 2.24) is 0 Å². The maximum Gasteiger partial charge on any atom is 0.175 e. The molecule has 0 heterocycles. The normalized spacial score (nSPS) is 12.5. The molecule has 2 nitrogen and oxygen atoms in total. The fourth-order valence-electron chi connectivity index (χ4n) is 1.40. The second kappa shape index (κ2) is 6.70. The van der Waals surface area contributed by atoms with E-state index in [0.717, 1.165) is 17.1 Å². The molecule has 0 aliphatic rings. The van der Waals surface area contributed by atoms with Crippen LogP contribution in [0.2, 0.25) is 0 Å². The van der Waals surface area contributed by atoms with Gasteiger partial charge >= 0.3 is 0 Å². The lowest BCUT2D eigenvalue weighted by Gasteiger charge is -2.12. The second-order valence-electron chi connectivity index (χ2n) is 4.46. The van der Waals surface area contributed by atoms with Crippen LogP contribution in [0.5, 0.6) is 5.75 Å². The third kappa shape index (κ3) is 4.43. The second-order valence-corrected chi connectivity index (χ2v) is 5.84. The zero-order valence-corrected chi connectivity index (χ0v) is 11.7. The van der Waals surface area contributed by atoms with E-state index in [1.807, 2.05) is 31.2 Å². The standard InChI is InChI=1S/C14H20O2S/c1-10(2)9-17-11(3)14(15)12-5-7-13(16-4)8-6-12/h5-8,10-11H,9H2,1-4H3. The first-order valence-electron chi connectivity index (χ1n) is 5.84. The number of thioether (sulfide) groups is 1. The Hall–Kier alpha value is -0.960. The Bertz CT molecular complexity index is 357. The van der Waals surface area contributed by atoms with E-state index in [4.69, 9.17) is 4.74 Å². The fraction of sp³-hybridized carbons (Fsp3) is 0.500. The van der Waals surface area contributed by atoms with Crippen molar-refractivity contribution in [1.29, 1.82) is 0 Å². The Morgan fingerprint density at radius 2 is 1.82 bits per heavy atom. The third-order valence-electron chi connectivity index (χ3n) is 2.42. The number of Topliss-reactive ketones (excluding diaryl/α,β-unsaturated/α-hetero) is 1. The number of carbonyl (C=O) groups excluding carboxylic acids is 1. The van der Waals surface area contributed by atoms with Gasteiger partial charge in [0.15, 0.2) is 5.78 Å². The predicted molar refractivity (Wildman–Crippen MR) is 74.1 cm³/mol. The lowest BCUT2D eigenvalue weighted by Crippen LogP contribution is -2.15. The van der Waals surface area contributed by atoms with E-state index in [0.29, 0.717) is 5.92 Å². The van der Waals surface area contributed by atoms with Crippen LogP contribution in [0.15, 0.2) is 24.3 Å². The van der Waals surface area contributed by atoms with Crippen LogP contribution >= 0.6 is 11.8 Å². The first kappa shape index (κ1) is 14.1. The summed E-state index contributed by atoms with van der Waals surface area (Å²) < 4.78 is 5.07. The number of benzene rings is 1. The van der Waals surface area contributed by atoms with Gasteiger partial charge in [-0.05, 0) is 42.9 Å². The molecular weight excluding hydrogens is 232 g/mol. The summed E-state index contributed by atoms with van der Waals surface area (Å²) in [5, 5.41) is 0.0193. The topological polar surface area (TPSA) is 26.3 Å². The highest BCUT2D eigenvalue weighted by atomic mass is 32.2. The molecule has 0 N–H and O–H groups in total. The average molecular weight is 252 g/mol. The van der Waals surface area contributed by atoms with Gasteiger partial charge < -0.3 is 4.74 Å². The van der Waals surface area contributed by atoms with Gasteiger partial charge in [-0.25, -0.2) is 0 Å². The summed E-state index contributed by atoms with van der Waals surface area (Å²) in [6, 6.07) is 7.31. The van der Waals surface area contributed by atoms with Gasteiger partial charge in [0, 0.05) is 5.56 Å². The highest BCUT2D eigenvalue weighted by molar-refractivity contribution is 8.00. The molecule has 1 unspecified atom stereocenters. The minimum Gasteiger partial charge on any atom is -0.497 e. The zero-order chi connectivity index (χ0) is 12.8. The molecule has 1 aromatic carbocycles. The number of methoxy groups -OCH3 is 1. The lowest BCUT2D eigenvalue weighted by molar-refractivity contribution is 0.0994. The molecule has 0 aliphatic carbocycles. The Labute approximate surface area is 108 Å². The van der Waals surface area contributed by atoms with Gasteiger partial charge in [0.2, 0.25) is 0 Å². The molecule has 0 amide bonds. The molecule has 0 bridgehead atoms. The van der Waals surface area contributed by atoms with Crippen LogP contribution in [0.25, 0.3) is 0 Å². The molecule has 3 heteroatoms. The van der Waals surface area contributed by atoms with Crippen molar-refractivity contribution in [2.75, 3.05) is 12.9 Å². The molecule has 0 saturated carbocycles. The first-order valence-corrected chi connectivity index (χ1v) is 6.89. The van der Waals surface area contributed by atoms with Gasteiger partial charge in [-0.3, -0.25) is 4.79 Å². The molecule has 0 radical (unpaired) electrons. The molecule has 0 aliphatic heterocycles. The third-order valence-corrected chi connectivity index (χ3v) is 4.00. The van der Waals surface area contributed by atoms with Crippen LogP contribution in [0.3, 0.4) is 0 Å². The van der Waals surface area contributed by atoms with Gasteiger partial charge in [-0.15, -0.1) is 0 Å². The summed E-state index contributed by atoms with van der Waals surface area (Å²) in [7, 11) is 1.62. The van der Waals surface area contributed by atoms with Crippen molar-refractivity contribution in [2.45, 2.75) is 26.0 Å². The average Bonchev–Trinajstić information content (AvgIpc) is 2.35. The predicted octanol–water partition coefficient (Wildman–Crippen LogP) is 3.66. The van der Waals surface area contributed by atoms with Crippen molar-refractivity contribution >= 4 is 17.5 Å². The largest absolute Gasteiger partial charge is 0.497 e. The smallest absolute Gasteiger partial charge is 0.175 e. The Kier molecular flexibility index (Phi) is 5.56. The van der Waals surface area contributed by atoms with E-state index in [1.54, 1.807) is 18.9 Å². The Balaban J connectivity index is 2.61. The maximum absolute atomic E-state index is 12.1. The van der Waals surface area contributed by atoms with E-state index in [-0.39, 0.29) is 11.0 Å². The zero-order valence-electron chi connectivity index (χ0n) is 10.9. The van der Waals surface area contributed by atoms with Crippen LogP contribution in [-0.4, -0.2) is 23.9 Å². The first-order chi connectivity index (χ1) is 8.04. The van der Waals surface area contributed by atoms with Crippen molar-refractivity contribution in [3.63, 3.8) is 0 Å². The Morgan fingerprint density at radius 1 is 1.24 bits per heavy atom. The van der Waals surface area contributed by atoms with Gasteiger partial charge in [-0.1, -0.05) is 13.8 Å². The molecule has 0 fully saturated rings. The van der Waals surface area contributed by atoms with Crippen LogP contribution < -0.4 is 4.74 Å². The van der Waals surface area contributed by atoms with E-state index in [1.165, 1.54) is 0 Å². The van der Waals surface area contributed by atoms with Crippen LogP contribution in [0, 0.1) is 5.92 Å². The summed E-state index contributed by atoms with van der Waals surface area (Å²) in [5.41, 5.74) is 0.759. The number of hydrogen-bond acceptors (Lipinski definition) is 3.